The minimum Gasteiger partial charge on any atom is -0.354 e. The molecule has 0 spiro atoms. The third kappa shape index (κ3) is 8.12. The Balaban J connectivity index is 2.11. The Labute approximate surface area is 245 Å². The van der Waals surface area contributed by atoms with Crippen LogP contribution in [0.1, 0.15) is 48.9 Å². The summed E-state index contributed by atoms with van der Waals surface area (Å²) in [7, 11) is -4.49. The minimum atomic E-state index is -4.73. The van der Waals surface area contributed by atoms with Crippen molar-refractivity contribution in [2.75, 3.05) is 17.4 Å². The molecule has 7 nitrogen and oxygen atoms in total. The number of benzene rings is 3. The molecule has 1 atom stereocenters. The summed E-state index contributed by atoms with van der Waals surface area (Å²) in [6.45, 7) is 6.86. The molecule has 0 radical (unpaired) electrons. The number of carbonyl (C=O) groups is 2. The predicted octanol–water partition coefficient (Wildman–Crippen LogP) is 5.85. The van der Waals surface area contributed by atoms with Crippen molar-refractivity contribution in [3.8, 4) is 0 Å². The lowest BCUT2D eigenvalue weighted by Crippen LogP contribution is -2.52. The number of anilines is 1. The molecule has 0 unspecified atom stereocenters. The Kier molecular flexibility index (Phi) is 10.8. The van der Waals surface area contributed by atoms with E-state index in [1.54, 1.807) is 38.1 Å². The van der Waals surface area contributed by atoms with Crippen LogP contribution in [0.3, 0.4) is 0 Å². The maximum Gasteiger partial charge on any atom is 0.416 e. The highest BCUT2D eigenvalue weighted by Gasteiger charge is 2.35. The molecule has 0 saturated heterocycles. The Morgan fingerprint density at radius 3 is 2.05 bits per heavy atom. The number of hydrogen-bond acceptors (Lipinski definition) is 4. The van der Waals surface area contributed by atoms with Crippen LogP contribution in [-0.2, 0) is 32.3 Å². The second-order valence-corrected chi connectivity index (χ2v) is 12.0. The van der Waals surface area contributed by atoms with Gasteiger partial charge >= 0.3 is 6.18 Å². The van der Waals surface area contributed by atoms with Crippen LogP contribution < -0.4 is 9.62 Å². The van der Waals surface area contributed by atoms with Crippen LogP contribution in [0, 0.1) is 13.8 Å². The summed E-state index contributed by atoms with van der Waals surface area (Å²) in [5.41, 5.74) is 1.10. The first-order valence-corrected chi connectivity index (χ1v) is 15.1. The third-order valence-electron chi connectivity index (χ3n) is 6.76. The maximum absolute atomic E-state index is 14.0. The maximum atomic E-state index is 14.0. The molecule has 2 amide bonds. The highest BCUT2D eigenvalue weighted by Crippen LogP contribution is 2.33. The smallest absolute Gasteiger partial charge is 0.354 e. The number of carbonyl (C=O) groups excluding carboxylic acids is 2. The van der Waals surface area contributed by atoms with Crippen molar-refractivity contribution >= 4 is 27.5 Å². The molecule has 3 aromatic rings. The van der Waals surface area contributed by atoms with Crippen LogP contribution in [0.15, 0.2) is 77.7 Å². The van der Waals surface area contributed by atoms with E-state index in [9.17, 15) is 31.2 Å². The first-order valence-electron chi connectivity index (χ1n) is 13.7. The van der Waals surface area contributed by atoms with Crippen LogP contribution in [0.4, 0.5) is 18.9 Å². The molecule has 3 aromatic carbocycles. The van der Waals surface area contributed by atoms with E-state index in [2.05, 4.69) is 5.32 Å². The SMILES string of the molecule is CCCNC(=O)[C@@H](CC)N(Cc1ccc(C)cc1)C(=O)CN(c1cccc(C(F)(F)F)c1)S(=O)(=O)c1ccc(C)cc1. The van der Waals surface area contributed by atoms with E-state index in [1.165, 1.54) is 23.1 Å². The Morgan fingerprint density at radius 2 is 1.50 bits per heavy atom. The van der Waals surface area contributed by atoms with Crippen molar-refractivity contribution in [2.24, 2.45) is 0 Å². The zero-order valence-electron chi connectivity index (χ0n) is 24.1. The number of nitrogens with one attached hydrogen (secondary N) is 1. The van der Waals surface area contributed by atoms with E-state index in [4.69, 9.17) is 0 Å². The van der Waals surface area contributed by atoms with Gasteiger partial charge in [0.05, 0.1) is 16.1 Å². The molecule has 1 N–H and O–H groups in total. The molecule has 0 heterocycles. The van der Waals surface area contributed by atoms with Gasteiger partial charge in [0.2, 0.25) is 11.8 Å². The fourth-order valence-electron chi connectivity index (χ4n) is 4.38. The lowest BCUT2D eigenvalue weighted by Gasteiger charge is -2.33. The van der Waals surface area contributed by atoms with Gasteiger partial charge in [-0.15, -0.1) is 0 Å². The molecule has 3 rings (SSSR count). The lowest BCUT2D eigenvalue weighted by molar-refractivity contribution is -0.140. The quantitative estimate of drug-likeness (QED) is 0.281. The number of alkyl halides is 3. The summed E-state index contributed by atoms with van der Waals surface area (Å²) in [5, 5.41) is 2.79. The molecule has 0 aliphatic carbocycles. The highest BCUT2D eigenvalue weighted by atomic mass is 32.2. The predicted molar refractivity (Wildman–Crippen MR) is 156 cm³/mol. The van der Waals surface area contributed by atoms with Gasteiger partial charge in [-0.2, -0.15) is 13.2 Å². The molecule has 0 bridgehead atoms. The lowest BCUT2D eigenvalue weighted by atomic mass is 10.1. The van der Waals surface area contributed by atoms with Crippen LogP contribution in [0.2, 0.25) is 0 Å². The highest BCUT2D eigenvalue weighted by molar-refractivity contribution is 7.92. The molecule has 0 aliphatic rings. The average molecular weight is 604 g/mol. The molecule has 0 aromatic heterocycles. The van der Waals surface area contributed by atoms with Crippen molar-refractivity contribution in [1.82, 2.24) is 10.2 Å². The fraction of sp³-hybridized carbons (Fsp3) is 0.355. The van der Waals surface area contributed by atoms with Gasteiger partial charge in [-0.1, -0.05) is 67.4 Å². The van der Waals surface area contributed by atoms with Gasteiger partial charge in [-0.05, 0) is 62.6 Å². The van der Waals surface area contributed by atoms with E-state index < -0.39 is 46.2 Å². The van der Waals surface area contributed by atoms with Crippen LogP contribution in [0.5, 0.6) is 0 Å². The van der Waals surface area contributed by atoms with E-state index in [1.807, 2.05) is 26.0 Å². The number of sulfonamides is 1. The number of rotatable bonds is 12. The number of nitrogens with zero attached hydrogens (tertiary/aromatic N) is 2. The first kappa shape index (κ1) is 32.7. The van der Waals surface area contributed by atoms with Crippen LogP contribution in [-0.4, -0.2) is 44.3 Å². The summed E-state index contributed by atoms with van der Waals surface area (Å²) in [4.78, 5) is 28.2. The van der Waals surface area contributed by atoms with Gasteiger partial charge < -0.3 is 10.2 Å². The van der Waals surface area contributed by atoms with E-state index in [0.717, 1.165) is 23.3 Å². The molecular weight excluding hydrogens is 567 g/mol. The number of aryl methyl sites for hydroxylation is 2. The van der Waals surface area contributed by atoms with Gasteiger partial charge in [0.15, 0.2) is 0 Å². The monoisotopic (exact) mass is 603 g/mol. The summed E-state index contributed by atoms with van der Waals surface area (Å²) in [6.07, 6.45) is -3.82. The van der Waals surface area contributed by atoms with Crippen molar-refractivity contribution in [1.29, 1.82) is 0 Å². The summed E-state index contributed by atoms with van der Waals surface area (Å²) in [6, 6.07) is 16.0. The average Bonchev–Trinajstić information content (AvgIpc) is 2.95. The normalized spacial score (nSPS) is 12.5. The topological polar surface area (TPSA) is 86.8 Å². The Hall–Kier alpha value is -3.86. The van der Waals surface area contributed by atoms with Gasteiger partial charge in [0, 0.05) is 13.1 Å². The van der Waals surface area contributed by atoms with Gasteiger partial charge in [0.25, 0.3) is 10.0 Å². The van der Waals surface area contributed by atoms with E-state index >= 15 is 0 Å². The van der Waals surface area contributed by atoms with Crippen molar-refractivity contribution in [3.63, 3.8) is 0 Å². The summed E-state index contributed by atoms with van der Waals surface area (Å²) < 4.78 is 69.2. The van der Waals surface area contributed by atoms with Gasteiger partial charge in [0.1, 0.15) is 12.6 Å². The molecule has 0 aliphatic heterocycles. The molecule has 0 fully saturated rings. The second kappa shape index (κ2) is 13.9. The Bertz CT molecular complexity index is 1470. The van der Waals surface area contributed by atoms with Crippen molar-refractivity contribution in [2.45, 2.75) is 64.2 Å². The molecular formula is C31H36F3N3O4S. The Morgan fingerprint density at radius 1 is 0.905 bits per heavy atom. The molecule has 11 heteroatoms. The van der Waals surface area contributed by atoms with Crippen LogP contribution in [0.25, 0.3) is 0 Å². The van der Waals surface area contributed by atoms with E-state index in [-0.39, 0.29) is 23.5 Å². The second-order valence-electron chi connectivity index (χ2n) is 10.1. The summed E-state index contributed by atoms with van der Waals surface area (Å²) in [5.74, 6) is -1.13. The molecule has 42 heavy (non-hydrogen) atoms. The summed E-state index contributed by atoms with van der Waals surface area (Å²) >= 11 is 0. The van der Waals surface area contributed by atoms with Gasteiger partial charge in [-0.3, -0.25) is 13.9 Å². The molecule has 0 saturated carbocycles. The number of hydrogen-bond donors (Lipinski definition) is 1. The fourth-order valence-corrected chi connectivity index (χ4v) is 5.79. The number of amides is 2. The van der Waals surface area contributed by atoms with Crippen LogP contribution >= 0.6 is 0 Å². The molecule has 226 valence electrons. The van der Waals surface area contributed by atoms with Crippen molar-refractivity contribution < 1.29 is 31.2 Å². The zero-order valence-corrected chi connectivity index (χ0v) is 24.9. The zero-order chi connectivity index (χ0) is 31.1. The van der Waals surface area contributed by atoms with E-state index in [0.29, 0.717) is 28.9 Å². The minimum absolute atomic E-state index is 0.00181. The van der Waals surface area contributed by atoms with Gasteiger partial charge in [-0.25, -0.2) is 8.42 Å². The third-order valence-corrected chi connectivity index (χ3v) is 8.55. The number of halogens is 3. The standard InChI is InChI=1S/C31H36F3N3O4S/c1-5-18-35-30(39)28(6-2)36(20-24-14-10-22(3)11-15-24)29(38)21-37(26-9-7-8-25(19-26)31(32,33)34)42(40,41)27-16-12-23(4)13-17-27/h7-17,19,28H,5-6,18,20-21H2,1-4H3,(H,35,39)/t28-/m1/s1. The largest absolute Gasteiger partial charge is 0.416 e. The first-order chi connectivity index (χ1) is 19.8. The van der Waals surface area contributed by atoms with Crippen molar-refractivity contribution in [3.05, 3.63) is 95.1 Å².